The van der Waals surface area contributed by atoms with Crippen LogP contribution in [0.4, 0.5) is 4.39 Å². The molecule has 1 unspecified atom stereocenters. The number of halogens is 2. The molecule has 3 N–H and O–H groups in total. The van der Waals surface area contributed by atoms with Crippen LogP contribution in [0.3, 0.4) is 0 Å². The normalized spacial score (nSPS) is 13.2. The molecule has 0 radical (unpaired) electrons. The van der Waals surface area contributed by atoms with Crippen molar-refractivity contribution >= 4 is 27.7 Å². The fraction of sp³-hybridized carbons (Fsp3) is 0.333. The van der Waals surface area contributed by atoms with Crippen molar-refractivity contribution < 1.29 is 14.4 Å². The maximum atomic E-state index is 13.0. The first kappa shape index (κ1) is 15.4. The van der Waals surface area contributed by atoms with E-state index in [1.54, 1.807) is 14.0 Å². The minimum absolute atomic E-state index is 0.0535. The van der Waals surface area contributed by atoms with Crippen LogP contribution in [-0.2, 0) is 0 Å². The van der Waals surface area contributed by atoms with Crippen molar-refractivity contribution in [2.24, 2.45) is 16.8 Å². The Morgan fingerprint density at radius 1 is 1.63 bits per heavy atom. The third kappa shape index (κ3) is 3.92. The highest BCUT2D eigenvalue weighted by Crippen LogP contribution is 2.19. The summed E-state index contributed by atoms with van der Waals surface area (Å²) in [6.45, 7) is 2.02. The van der Waals surface area contributed by atoms with E-state index in [-0.39, 0.29) is 17.7 Å². The van der Waals surface area contributed by atoms with Gasteiger partial charge in [0.25, 0.3) is 5.91 Å². The zero-order valence-corrected chi connectivity index (χ0v) is 12.2. The molecule has 0 saturated carbocycles. The zero-order chi connectivity index (χ0) is 14.6. The van der Waals surface area contributed by atoms with Crippen LogP contribution in [0.1, 0.15) is 17.3 Å². The second kappa shape index (κ2) is 6.51. The Hall–Kier alpha value is -1.63. The van der Waals surface area contributed by atoms with Crippen LogP contribution in [0.25, 0.3) is 0 Å². The van der Waals surface area contributed by atoms with E-state index >= 15 is 0 Å². The van der Waals surface area contributed by atoms with Crippen LogP contribution in [-0.4, -0.2) is 35.4 Å². The maximum Gasteiger partial charge on any atom is 0.254 e. The summed E-state index contributed by atoms with van der Waals surface area (Å²) in [7, 11) is 1.60. The fourth-order valence-corrected chi connectivity index (χ4v) is 2.07. The SMILES string of the molecule is CC(CN(C)C(=O)c1ccc(F)cc1Br)C(N)=NO. The molecule has 0 aliphatic heterocycles. The predicted molar refractivity (Wildman–Crippen MR) is 73.6 cm³/mol. The molecule has 0 fully saturated rings. The van der Waals surface area contributed by atoms with Crippen molar-refractivity contribution in [1.82, 2.24) is 4.90 Å². The Labute approximate surface area is 119 Å². The van der Waals surface area contributed by atoms with Crippen molar-refractivity contribution in [2.75, 3.05) is 13.6 Å². The minimum Gasteiger partial charge on any atom is -0.409 e. The predicted octanol–water partition coefficient (Wildman–Crippen LogP) is 2.04. The third-order valence-corrected chi connectivity index (χ3v) is 3.33. The lowest BCUT2D eigenvalue weighted by atomic mass is 10.1. The number of benzene rings is 1. The molecule has 0 heterocycles. The second-order valence-corrected chi connectivity index (χ2v) is 5.09. The van der Waals surface area contributed by atoms with Gasteiger partial charge in [-0.1, -0.05) is 12.1 Å². The number of hydrogen-bond donors (Lipinski definition) is 2. The largest absolute Gasteiger partial charge is 0.409 e. The summed E-state index contributed by atoms with van der Waals surface area (Å²) < 4.78 is 13.3. The van der Waals surface area contributed by atoms with Crippen LogP contribution >= 0.6 is 15.9 Å². The van der Waals surface area contributed by atoms with Crippen LogP contribution in [0.15, 0.2) is 27.8 Å². The number of nitrogens with zero attached hydrogens (tertiary/aromatic N) is 2. The molecule has 0 bridgehead atoms. The average Bonchev–Trinajstić information content (AvgIpc) is 2.36. The average molecular weight is 332 g/mol. The molecular weight excluding hydrogens is 317 g/mol. The Balaban J connectivity index is 2.82. The topological polar surface area (TPSA) is 78.9 Å². The van der Waals surface area contributed by atoms with Gasteiger partial charge in [-0.3, -0.25) is 4.79 Å². The van der Waals surface area contributed by atoms with Gasteiger partial charge in [0.2, 0.25) is 0 Å². The number of amidine groups is 1. The van der Waals surface area contributed by atoms with Gasteiger partial charge in [-0.15, -0.1) is 0 Å². The van der Waals surface area contributed by atoms with E-state index in [4.69, 9.17) is 10.9 Å². The first-order valence-electron chi connectivity index (χ1n) is 5.54. The summed E-state index contributed by atoms with van der Waals surface area (Å²) in [6, 6.07) is 3.86. The highest BCUT2D eigenvalue weighted by Gasteiger charge is 2.18. The molecule has 0 saturated heterocycles. The van der Waals surface area contributed by atoms with E-state index in [0.29, 0.717) is 16.6 Å². The first-order chi connectivity index (χ1) is 8.86. The van der Waals surface area contributed by atoms with Crippen molar-refractivity contribution in [3.8, 4) is 0 Å². The molecule has 104 valence electrons. The minimum atomic E-state index is -0.420. The molecule has 0 aliphatic rings. The molecule has 0 aromatic heterocycles. The lowest BCUT2D eigenvalue weighted by Crippen LogP contribution is -2.36. The standard InChI is InChI=1S/C12H15BrFN3O2/c1-7(11(15)16-19)6-17(2)12(18)9-4-3-8(14)5-10(9)13/h3-5,7,19H,6H2,1-2H3,(H2,15,16). The Kier molecular flexibility index (Phi) is 5.29. The van der Waals surface area contributed by atoms with Gasteiger partial charge in [0.15, 0.2) is 0 Å². The second-order valence-electron chi connectivity index (χ2n) is 4.24. The number of carbonyl (C=O) groups excluding carboxylic acids is 1. The Morgan fingerprint density at radius 2 is 2.26 bits per heavy atom. The number of amides is 1. The van der Waals surface area contributed by atoms with E-state index in [0.717, 1.165) is 0 Å². The smallest absolute Gasteiger partial charge is 0.254 e. The molecule has 1 aromatic rings. The van der Waals surface area contributed by atoms with Gasteiger partial charge in [0.1, 0.15) is 11.7 Å². The summed E-state index contributed by atoms with van der Waals surface area (Å²) in [4.78, 5) is 13.6. The van der Waals surface area contributed by atoms with Crippen LogP contribution in [0.2, 0.25) is 0 Å². The van der Waals surface area contributed by atoms with Gasteiger partial charge in [-0.25, -0.2) is 4.39 Å². The molecule has 0 spiro atoms. The highest BCUT2D eigenvalue weighted by molar-refractivity contribution is 9.10. The first-order valence-corrected chi connectivity index (χ1v) is 6.34. The van der Waals surface area contributed by atoms with Crippen molar-refractivity contribution in [2.45, 2.75) is 6.92 Å². The van der Waals surface area contributed by atoms with Crippen LogP contribution in [0.5, 0.6) is 0 Å². The summed E-state index contributed by atoms with van der Waals surface area (Å²) in [5, 5.41) is 11.5. The number of oxime groups is 1. The molecule has 19 heavy (non-hydrogen) atoms. The highest BCUT2D eigenvalue weighted by atomic mass is 79.9. The van der Waals surface area contributed by atoms with Gasteiger partial charge in [-0.2, -0.15) is 0 Å². The number of hydrogen-bond acceptors (Lipinski definition) is 3. The van der Waals surface area contributed by atoms with Crippen molar-refractivity contribution in [3.05, 3.63) is 34.1 Å². The fourth-order valence-electron chi connectivity index (χ4n) is 1.55. The van der Waals surface area contributed by atoms with Gasteiger partial charge in [0.05, 0.1) is 5.56 Å². The van der Waals surface area contributed by atoms with E-state index in [9.17, 15) is 9.18 Å². The number of carbonyl (C=O) groups is 1. The van der Waals surface area contributed by atoms with Crippen molar-refractivity contribution in [1.29, 1.82) is 0 Å². The molecule has 1 aromatic carbocycles. The maximum absolute atomic E-state index is 13.0. The van der Waals surface area contributed by atoms with Crippen molar-refractivity contribution in [3.63, 3.8) is 0 Å². The number of rotatable bonds is 4. The molecule has 7 heteroatoms. The number of nitrogens with two attached hydrogens (primary N) is 1. The van der Waals surface area contributed by atoms with Crippen LogP contribution in [0, 0.1) is 11.7 Å². The van der Waals surface area contributed by atoms with E-state index < -0.39 is 5.82 Å². The zero-order valence-electron chi connectivity index (χ0n) is 10.6. The molecule has 0 aliphatic carbocycles. The lowest BCUT2D eigenvalue weighted by Gasteiger charge is -2.21. The molecular formula is C12H15BrFN3O2. The molecule has 1 amide bonds. The van der Waals surface area contributed by atoms with E-state index in [1.165, 1.54) is 23.1 Å². The summed E-state index contributed by atoms with van der Waals surface area (Å²) in [5.74, 6) is -0.920. The van der Waals surface area contributed by atoms with Gasteiger partial charge in [0, 0.05) is 24.0 Å². The van der Waals surface area contributed by atoms with Gasteiger partial charge >= 0.3 is 0 Å². The molecule has 1 atom stereocenters. The summed E-state index contributed by atoms with van der Waals surface area (Å²) in [5.41, 5.74) is 5.81. The van der Waals surface area contributed by atoms with Crippen LogP contribution < -0.4 is 5.73 Å². The van der Waals surface area contributed by atoms with E-state index in [2.05, 4.69) is 21.1 Å². The third-order valence-electron chi connectivity index (χ3n) is 2.68. The van der Waals surface area contributed by atoms with Gasteiger partial charge < -0.3 is 15.8 Å². The Morgan fingerprint density at radius 3 is 2.79 bits per heavy atom. The monoisotopic (exact) mass is 331 g/mol. The molecule has 1 rings (SSSR count). The van der Waals surface area contributed by atoms with Gasteiger partial charge in [-0.05, 0) is 34.1 Å². The summed E-state index contributed by atoms with van der Waals surface area (Å²) >= 11 is 3.15. The quantitative estimate of drug-likeness (QED) is 0.383. The Bertz CT molecular complexity index is 508. The molecule has 5 nitrogen and oxygen atoms in total. The van der Waals surface area contributed by atoms with E-state index in [1.807, 2.05) is 0 Å². The summed E-state index contributed by atoms with van der Waals surface area (Å²) in [6.07, 6.45) is 0. The lowest BCUT2D eigenvalue weighted by molar-refractivity contribution is 0.0785.